The summed E-state index contributed by atoms with van der Waals surface area (Å²) >= 11 is 0. The Bertz CT molecular complexity index is 1500. The lowest BCUT2D eigenvalue weighted by Crippen LogP contribution is -2.33. The van der Waals surface area contributed by atoms with Crippen molar-refractivity contribution in [1.29, 1.82) is 0 Å². The fourth-order valence-electron chi connectivity index (χ4n) is 4.55. The van der Waals surface area contributed by atoms with Gasteiger partial charge in [-0.1, -0.05) is 0 Å². The largest absolute Gasteiger partial charge is 0.389 e. The molecule has 3 aromatic heterocycles. The quantitative estimate of drug-likeness (QED) is 0.286. The lowest BCUT2D eigenvalue weighted by Gasteiger charge is -2.19. The van der Waals surface area contributed by atoms with E-state index in [2.05, 4.69) is 35.6 Å². The van der Waals surface area contributed by atoms with Crippen molar-refractivity contribution < 1.29 is 22.4 Å². The number of likely N-dealkylation sites (tertiary alicyclic amines) is 1. The molecule has 0 spiro atoms. The number of anilines is 3. The average Bonchev–Trinajstić information content (AvgIpc) is 3.51. The molecule has 0 aliphatic carbocycles. The monoisotopic (exact) mass is 528 g/mol. The number of benzene rings is 1. The molecule has 1 saturated heterocycles. The van der Waals surface area contributed by atoms with E-state index in [9.17, 15) is 22.4 Å². The highest BCUT2D eigenvalue weighted by atomic mass is 19.4. The van der Waals surface area contributed by atoms with Gasteiger partial charge in [0.25, 0.3) is 0 Å². The number of aromatic nitrogens is 5. The molecule has 4 aromatic rings. The molecule has 9 nitrogen and oxygen atoms in total. The number of H-pyrrole nitrogens is 1. The first-order valence-electron chi connectivity index (χ1n) is 11.9. The smallest absolute Gasteiger partial charge is 0.341 e. The van der Waals surface area contributed by atoms with Crippen molar-refractivity contribution >= 4 is 34.4 Å². The van der Waals surface area contributed by atoms with E-state index >= 15 is 0 Å². The van der Waals surface area contributed by atoms with E-state index in [4.69, 9.17) is 0 Å². The van der Waals surface area contributed by atoms with Crippen molar-refractivity contribution in [2.24, 2.45) is 5.92 Å². The molecule has 5 rings (SSSR count). The molecule has 1 unspecified atom stereocenters. The number of hydrogen-bond acceptors (Lipinski definition) is 6. The molecule has 3 N–H and O–H groups in total. The van der Waals surface area contributed by atoms with Crippen LogP contribution in [0.5, 0.6) is 0 Å². The van der Waals surface area contributed by atoms with Gasteiger partial charge in [-0.05, 0) is 55.5 Å². The van der Waals surface area contributed by atoms with Gasteiger partial charge in [0.1, 0.15) is 29.2 Å². The first kappa shape index (κ1) is 25.4. The van der Waals surface area contributed by atoms with Crippen LogP contribution in [0.3, 0.4) is 0 Å². The van der Waals surface area contributed by atoms with E-state index in [1.54, 1.807) is 13.1 Å². The number of urea groups is 1. The second kappa shape index (κ2) is 9.88. The van der Waals surface area contributed by atoms with Gasteiger partial charge in [0.05, 0.1) is 12.0 Å². The van der Waals surface area contributed by atoms with E-state index in [1.165, 1.54) is 29.7 Å². The third-order valence-electron chi connectivity index (χ3n) is 6.40. The number of aromatic amines is 1. The zero-order valence-electron chi connectivity index (χ0n) is 20.5. The molecule has 1 aromatic carbocycles. The van der Waals surface area contributed by atoms with Crippen LogP contribution in [0.25, 0.3) is 22.4 Å². The Hall–Kier alpha value is -4.29. The summed E-state index contributed by atoms with van der Waals surface area (Å²) in [5.74, 6) is -0.902. The zero-order valence-corrected chi connectivity index (χ0v) is 20.5. The Kier molecular flexibility index (Phi) is 6.59. The Balaban J connectivity index is 1.40. The molecule has 1 fully saturated rings. The summed E-state index contributed by atoms with van der Waals surface area (Å²) in [4.78, 5) is 34.2. The Morgan fingerprint density at radius 1 is 1.13 bits per heavy atom. The van der Waals surface area contributed by atoms with E-state index in [-0.39, 0.29) is 25.2 Å². The second-order valence-corrected chi connectivity index (χ2v) is 9.35. The van der Waals surface area contributed by atoms with Crippen LogP contribution in [0.4, 0.5) is 39.5 Å². The molecule has 1 aliphatic rings. The third kappa shape index (κ3) is 5.36. The molecule has 0 saturated carbocycles. The number of nitrogens with zero attached hydrogens (tertiary/aromatic N) is 5. The molecule has 0 bridgehead atoms. The van der Waals surface area contributed by atoms with Crippen molar-refractivity contribution in [2.45, 2.75) is 32.9 Å². The van der Waals surface area contributed by atoms with Crippen molar-refractivity contribution in [1.82, 2.24) is 29.8 Å². The predicted octanol–water partition coefficient (Wildman–Crippen LogP) is 5.72. The van der Waals surface area contributed by atoms with E-state index in [0.29, 0.717) is 39.5 Å². The number of carbonyl (C=O) groups is 1. The topological polar surface area (TPSA) is 112 Å². The fourth-order valence-corrected chi connectivity index (χ4v) is 4.55. The molecule has 13 heteroatoms. The van der Waals surface area contributed by atoms with Crippen LogP contribution in [-0.2, 0) is 0 Å². The number of alkyl halides is 3. The van der Waals surface area contributed by atoms with E-state index in [0.717, 1.165) is 5.56 Å². The van der Waals surface area contributed by atoms with Crippen LogP contribution in [0, 0.1) is 25.6 Å². The number of halogens is 4. The summed E-state index contributed by atoms with van der Waals surface area (Å²) in [5, 5.41) is 5.71. The Morgan fingerprint density at radius 3 is 2.74 bits per heavy atom. The van der Waals surface area contributed by atoms with Crippen molar-refractivity contribution in [2.75, 3.05) is 23.7 Å². The molecular weight excluding hydrogens is 504 g/mol. The minimum Gasteiger partial charge on any atom is -0.341 e. The van der Waals surface area contributed by atoms with Crippen molar-refractivity contribution in [3.8, 4) is 11.3 Å². The highest BCUT2D eigenvalue weighted by Crippen LogP contribution is 2.34. The zero-order chi connectivity index (χ0) is 27.0. The van der Waals surface area contributed by atoms with E-state index in [1.807, 2.05) is 13.0 Å². The molecule has 0 radical (unpaired) electrons. The Labute approximate surface area is 214 Å². The van der Waals surface area contributed by atoms with Crippen LogP contribution < -0.4 is 10.6 Å². The normalized spacial score (nSPS) is 15.7. The van der Waals surface area contributed by atoms with Crippen LogP contribution in [0.1, 0.15) is 24.0 Å². The van der Waals surface area contributed by atoms with Crippen LogP contribution in [0.15, 0.2) is 37.1 Å². The third-order valence-corrected chi connectivity index (χ3v) is 6.40. The van der Waals surface area contributed by atoms with Gasteiger partial charge in [0, 0.05) is 37.0 Å². The van der Waals surface area contributed by atoms with Gasteiger partial charge in [0.15, 0.2) is 5.65 Å². The number of fused-ring (bicyclic) bond motifs is 1. The highest BCUT2D eigenvalue weighted by molar-refractivity contribution is 5.93. The van der Waals surface area contributed by atoms with Gasteiger partial charge in [-0.15, -0.1) is 0 Å². The molecular formula is C25H24F4N8O. The maximum absolute atomic E-state index is 14.8. The minimum absolute atomic E-state index is 0.0401. The van der Waals surface area contributed by atoms with Gasteiger partial charge < -0.3 is 20.5 Å². The average molecular weight is 529 g/mol. The number of aryl methyl sites for hydroxylation is 2. The molecule has 1 aliphatic heterocycles. The first-order chi connectivity index (χ1) is 18.1. The standard InChI is InChI=1S/C25H24F4N8O/c1-13-5-16(20-21-23(33-11-31-20)34-12-32-21)22(30-9-13)35-18-7-19(17(26)6-14(18)2)36-24(38)37-4-3-15(10-37)8-25(27,28)29/h5-7,9,11-12,15H,3-4,8,10H2,1-2H3,(H,30,35)(H,36,38)(H,31,32,33,34). The number of nitrogens with one attached hydrogen (secondary N) is 3. The maximum atomic E-state index is 14.8. The molecule has 38 heavy (non-hydrogen) atoms. The SMILES string of the molecule is Cc1cnc(Nc2cc(NC(=O)N3CCC(CC(F)(F)F)C3)c(F)cc2C)c(-c2ncnc3nc[nH]c23)c1. The number of amides is 2. The lowest BCUT2D eigenvalue weighted by atomic mass is 10.1. The number of carbonyl (C=O) groups excluding carboxylic acids is 1. The molecule has 4 heterocycles. The van der Waals surface area contributed by atoms with Crippen molar-refractivity contribution in [3.63, 3.8) is 0 Å². The van der Waals surface area contributed by atoms with Gasteiger partial charge in [-0.25, -0.2) is 29.1 Å². The lowest BCUT2D eigenvalue weighted by molar-refractivity contribution is -0.143. The molecule has 2 amide bonds. The number of imidazole rings is 1. The van der Waals surface area contributed by atoms with Gasteiger partial charge in [-0.2, -0.15) is 13.2 Å². The number of hydrogen-bond donors (Lipinski definition) is 3. The van der Waals surface area contributed by atoms with Gasteiger partial charge in [-0.3, -0.25) is 0 Å². The molecule has 198 valence electrons. The highest BCUT2D eigenvalue weighted by Gasteiger charge is 2.36. The fraction of sp³-hybridized carbons (Fsp3) is 0.320. The Morgan fingerprint density at radius 2 is 1.95 bits per heavy atom. The van der Waals surface area contributed by atoms with E-state index < -0.39 is 30.4 Å². The summed E-state index contributed by atoms with van der Waals surface area (Å²) in [6.45, 7) is 3.72. The summed E-state index contributed by atoms with van der Waals surface area (Å²) in [6, 6.07) is 3.94. The first-order valence-corrected chi connectivity index (χ1v) is 11.9. The van der Waals surface area contributed by atoms with Gasteiger partial charge in [0.2, 0.25) is 0 Å². The summed E-state index contributed by atoms with van der Waals surface area (Å²) in [6.07, 6.45) is -0.414. The van der Waals surface area contributed by atoms with Gasteiger partial charge >= 0.3 is 12.2 Å². The number of rotatable bonds is 5. The predicted molar refractivity (Wildman–Crippen MR) is 133 cm³/mol. The summed E-state index contributed by atoms with van der Waals surface area (Å²) in [5.41, 5.74) is 4.15. The second-order valence-electron chi connectivity index (χ2n) is 9.35. The van der Waals surface area contributed by atoms with Crippen LogP contribution >= 0.6 is 0 Å². The number of pyridine rings is 1. The molecule has 1 atom stereocenters. The maximum Gasteiger partial charge on any atom is 0.389 e. The van der Waals surface area contributed by atoms with Crippen LogP contribution in [0.2, 0.25) is 0 Å². The summed E-state index contributed by atoms with van der Waals surface area (Å²) in [7, 11) is 0. The van der Waals surface area contributed by atoms with Crippen LogP contribution in [-0.4, -0.2) is 55.1 Å². The summed E-state index contributed by atoms with van der Waals surface area (Å²) < 4.78 is 53.0. The van der Waals surface area contributed by atoms with Crippen molar-refractivity contribution in [3.05, 3.63) is 54.0 Å². The minimum atomic E-state index is -4.29.